The van der Waals surface area contributed by atoms with Crippen molar-refractivity contribution in [2.75, 3.05) is 0 Å². The number of hydrogen-bond acceptors (Lipinski definition) is 3. The first-order valence-electron chi connectivity index (χ1n) is 4.34. The molecule has 0 saturated heterocycles. The van der Waals surface area contributed by atoms with Crippen molar-refractivity contribution < 1.29 is 4.74 Å². The van der Waals surface area contributed by atoms with Gasteiger partial charge < -0.3 is 4.74 Å². The van der Waals surface area contributed by atoms with E-state index in [1.165, 1.54) is 11.3 Å². The Hall–Kier alpha value is -0.100. The molecule has 2 rings (SSSR count). The minimum atomic E-state index is 0.464. The highest BCUT2D eigenvalue weighted by atomic mass is 79.9. The Morgan fingerprint density at radius 2 is 2.00 bits per heavy atom. The molecule has 0 spiro atoms. The van der Waals surface area contributed by atoms with E-state index in [2.05, 4.69) is 36.8 Å². The summed E-state index contributed by atoms with van der Waals surface area (Å²) >= 11 is 14.0. The van der Waals surface area contributed by atoms with Crippen LogP contribution in [0.2, 0.25) is 4.47 Å². The molecule has 0 aliphatic carbocycles. The van der Waals surface area contributed by atoms with Gasteiger partial charge in [0, 0.05) is 6.20 Å². The third-order valence-corrected chi connectivity index (χ3v) is 4.14. The Labute approximate surface area is 119 Å². The molecule has 0 aliphatic rings. The largest absolute Gasteiger partial charge is 0.486 e. The molecule has 0 amide bonds. The molecule has 0 radical (unpaired) electrons. The van der Waals surface area contributed by atoms with Gasteiger partial charge in [0.2, 0.25) is 0 Å². The van der Waals surface area contributed by atoms with Crippen LogP contribution in [-0.2, 0) is 6.61 Å². The summed E-state index contributed by atoms with van der Waals surface area (Å²) < 4.78 is 8.05. The van der Waals surface area contributed by atoms with Crippen molar-refractivity contribution in [3.05, 3.63) is 42.7 Å². The first kappa shape index (κ1) is 12.4. The van der Waals surface area contributed by atoms with Crippen molar-refractivity contribution in [1.29, 1.82) is 0 Å². The highest BCUT2D eigenvalue weighted by Crippen LogP contribution is 2.34. The van der Waals surface area contributed by atoms with Gasteiger partial charge in [-0.05, 0) is 44.0 Å². The van der Waals surface area contributed by atoms with Crippen LogP contribution < -0.4 is 4.74 Å². The number of thiazole rings is 1. The SMILES string of the molecule is Clc1ncc(COc2c(Br)cccc2Br)s1. The fraction of sp³-hybridized carbons (Fsp3) is 0.100. The summed E-state index contributed by atoms with van der Waals surface area (Å²) in [6.07, 6.45) is 1.72. The number of rotatable bonds is 3. The summed E-state index contributed by atoms with van der Waals surface area (Å²) in [6, 6.07) is 5.80. The van der Waals surface area contributed by atoms with Crippen molar-refractivity contribution in [2.24, 2.45) is 0 Å². The molecule has 0 N–H and O–H groups in total. The monoisotopic (exact) mass is 381 g/mol. The quantitative estimate of drug-likeness (QED) is 0.752. The Kier molecular flexibility index (Phi) is 4.24. The molecule has 2 aromatic rings. The number of para-hydroxylation sites is 1. The van der Waals surface area contributed by atoms with Gasteiger partial charge in [-0.25, -0.2) is 4.98 Å². The van der Waals surface area contributed by atoms with E-state index in [1.54, 1.807) is 6.20 Å². The average molecular weight is 383 g/mol. The third kappa shape index (κ3) is 2.97. The van der Waals surface area contributed by atoms with E-state index in [0.717, 1.165) is 19.6 Å². The minimum absolute atomic E-state index is 0.464. The smallest absolute Gasteiger partial charge is 0.183 e. The fourth-order valence-electron chi connectivity index (χ4n) is 1.11. The molecule has 0 bridgehead atoms. The van der Waals surface area contributed by atoms with Gasteiger partial charge in [-0.15, -0.1) is 11.3 Å². The van der Waals surface area contributed by atoms with Gasteiger partial charge in [0.15, 0.2) is 4.47 Å². The van der Waals surface area contributed by atoms with Crippen molar-refractivity contribution in [2.45, 2.75) is 6.61 Å². The van der Waals surface area contributed by atoms with Gasteiger partial charge in [-0.2, -0.15) is 0 Å². The average Bonchev–Trinajstić information content (AvgIpc) is 2.63. The number of benzene rings is 1. The lowest BCUT2D eigenvalue weighted by atomic mass is 10.3. The van der Waals surface area contributed by atoms with E-state index >= 15 is 0 Å². The second-order valence-electron chi connectivity index (χ2n) is 2.92. The van der Waals surface area contributed by atoms with E-state index in [0.29, 0.717) is 11.1 Å². The maximum Gasteiger partial charge on any atom is 0.183 e. The highest BCUT2D eigenvalue weighted by Gasteiger charge is 2.07. The van der Waals surface area contributed by atoms with Crippen molar-refractivity contribution in [3.63, 3.8) is 0 Å². The third-order valence-electron chi connectivity index (χ3n) is 1.80. The molecule has 16 heavy (non-hydrogen) atoms. The number of hydrogen-bond donors (Lipinski definition) is 0. The summed E-state index contributed by atoms with van der Waals surface area (Å²) in [5, 5.41) is 0. The van der Waals surface area contributed by atoms with Crippen LogP contribution in [0.1, 0.15) is 4.88 Å². The fourth-order valence-corrected chi connectivity index (χ4v) is 3.23. The summed E-state index contributed by atoms with van der Waals surface area (Å²) in [7, 11) is 0. The van der Waals surface area contributed by atoms with Gasteiger partial charge in [0.1, 0.15) is 12.4 Å². The van der Waals surface area contributed by atoms with E-state index in [-0.39, 0.29) is 0 Å². The molecule has 0 saturated carbocycles. The molecular weight excluding hydrogens is 377 g/mol. The maximum atomic E-state index is 5.74. The van der Waals surface area contributed by atoms with Gasteiger partial charge in [0.25, 0.3) is 0 Å². The van der Waals surface area contributed by atoms with Crippen LogP contribution >= 0.6 is 54.8 Å². The summed E-state index contributed by atoms with van der Waals surface area (Å²) in [6.45, 7) is 0.464. The number of halogens is 3. The predicted octanol–water partition coefficient (Wildman–Crippen LogP) is 4.90. The van der Waals surface area contributed by atoms with Crippen LogP contribution in [0.25, 0.3) is 0 Å². The lowest BCUT2D eigenvalue weighted by molar-refractivity contribution is 0.305. The lowest BCUT2D eigenvalue weighted by Gasteiger charge is -2.08. The summed E-state index contributed by atoms with van der Waals surface area (Å²) in [4.78, 5) is 4.95. The number of nitrogens with zero attached hydrogens (tertiary/aromatic N) is 1. The molecule has 1 aromatic heterocycles. The Morgan fingerprint density at radius 3 is 2.56 bits per heavy atom. The molecule has 1 aromatic carbocycles. The Bertz CT molecular complexity index is 483. The van der Waals surface area contributed by atoms with E-state index < -0.39 is 0 Å². The molecule has 6 heteroatoms. The highest BCUT2D eigenvalue weighted by molar-refractivity contribution is 9.11. The molecule has 2 nitrogen and oxygen atoms in total. The second kappa shape index (κ2) is 5.49. The van der Waals surface area contributed by atoms with Crippen molar-refractivity contribution in [3.8, 4) is 5.75 Å². The van der Waals surface area contributed by atoms with Gasteiger partial charge in [0.05, 0.1) is 13.8 Å². The van der Waals surface area contributed by atoms with Crippen LogP contribution in [0, 0.1) is 0 Å². The van der Waals surface area contributed by atoms with Crippen LogP contribution in [0.15, 0.2) is 33.3 Å². The molecule has 0 atom stereocenters. The maximum absolute atomic E-state index is 5.74. The first-order valence-corrected chi connectivity index (χ1v) is 7.12. The van der Waals surface area contributed by atoms with Gasteiger partial charge >= 0.3 is 0 Å². The number of ether oxygens (including phenoxy) is 1. The molecule has 84 valence electrons. The molecule has 0 aliphatic heterocycles. The van der Waals surface area contributed by atoms with E-state index in [9.17, 15) is 0 Å². The van der Waals surface area contributed by atoms with Gasteiger partial charge in [-0.1, -0.05) is 17.7 Å². The number of aromatic nitrogens is 1. The van der Waals surface area contributed by atoms with Crippen LogP contribution in [-0.4, -0.2) is 4.98 Å². The van der Waals surface area contributed by atoms with Gasteiger partial charge in [-0.3, -0.25) is 0 Å². The minimum Gasteiger partial charge on any atom is -0.486 e. The van der Waals surface area contributed by atoms with Crippen molar-refractivity contribution in [1.82, 2.24) is 4.98 Å². The predicted molar refractivity (Wildman–Crippen MR) is 73.3 cm³/mol. The zero-order chi connectivity index (χ0) is 11.5. The van der Waals surface area contributed by atoms with Crippen molar-refractivity contribution >= 4 is 54.8 Å². The summed E-state index contributed by atoms with van der Waals surface area (Å²) in [5.41, 5.74) is 0. The normalized spacial score (nSPS) is 10.4. The molecule has 0 fully saturated rings. The van der Waals surface area contributed by atoms with E-state index in [4.69, 9.17) is 16.3 Å². The van der Waals surface area contributed by atoms with Crippen LogP contribution in [0.3, 0.4) is 0 Å². The summed E-state index contributed by atoms with van der Waals surface area (Å²) in [5.74, 6) is 0.784. The zero-order valence-electron chi connectivity index (χ0n) is 7.91. The van der Waals surface area contributed by atoms with E-state index in [1.807, 2.05) is 18.2 Å². The second-order valence-corrected chi connectivity index (χ2v) is 6.32. The first-order chi connectivity index (χ1) is 7.66. The standard InChI is InChI=1S/C10H6Br2ClNOS/c11-7-2-1-3-8(12)9(7)15-5-6-4-14-10(13)16-6/h1-4H,5H2. The molecular formula is C10H6Br2ClNOS. The molecule has 1 heterocycles. The van der Waals surface area contributed by atoms with Crippen LogP contribution in [0.5, 0.6) is 5.75 Å². The zero-order valence-corrected chi connectivity index (χ0v) is 12.7. The Balaban J connectivity index is 2.10. The topological polar surface area (TPSA) is 22.1 Å². The van der Waals surface area contributed by atoms with Crippen LogP contribution in [0.4, 0.5) is 0 Å². The Morgan fingerprint density at radius 1 is 1.31 bits per heavy atom. The molecule has 0 unspecified atom stereocenters. The lowest BCUT2D eigenvalue weighted by Crippen LogP contribution is -1.94.